The highest BCUT2D eigenvalue weighted by Gasteiger charge is 2.48. The topological polar surface area (TPSA) is 249 Å². The van der Waals surface area contributed by atoms with Crippen LogP contribution in [-0.4, -0.2) is 96.4 Å². The fraction of sp³-hybridized carbons (Fsp3) is 0.375. The van der Waals surface area contributed by atoms with Crippen LogP contribution in [0.2, 0.25) is 0 Å². The van der Waals surface area contributed by atoms with Crippen molar-refractivity contribution in [3.63, 3.8) is 0 Å². The summed E-state index contributed by atoms with van der Waals surface area (Å²) in [6.07, 6.45) is -9.42. The predicted octanol–water partition coefficient (Wildman–Crippen LogP) is -1.95. The Kier molecular flexibility index (Phi) is 9.08. The maximum Gasteiger partial charge on any atom is 0.335 e. The highest BCUT2D eigenvalue weighted by atomic mass is 16.7. The third-order valence-electron chi connectivity index (χ3n) is 5.86. The standard InChI is InChI=1S/C24H28N2O12/c25-13(21(32)26-14(22(33)34)8-10-1-4-12(27)5-2-10)7-11-3-6-16(15(28)9-11)37-24-19(31)17(29)18(30)20(38-24)23(35)36/h1-6,9,13-14,17-20,24,27-31H,7-8,25H2,(H,26,32)(H,33,34)(H,35,36)/t13-,14-,17-,18-,19+,20-,24?/m0/s1. The maximum atomic E-state index is 12.5. The summed E-state index contributed by atoms with van der Waals surface area (Å²) in [4.78, 5) is 35.4. The Morgan fingerprint density at radius 2 is 1.55 bits per heavy atom. The van der Waals surface area contributed by atoms with Crippen molar-refractivity contribution in [2.24, 2.45) is 5.73 Å². The van der Waals surface area contributed by atoms with E-state index in [-0.39, 0.29) is 24.3 Å². The number of aromatic hydroxyl groups is 2. The van der Waals surface area contributed by atoms with Crippen molar-refractivity contribution in [2.75, 3.05) is 0 Å². The normalized spacial score (nSPS) is 24.7. The molecule has 1 amide bonds. The number of nitrogens with one attached hydrogen (secondary N) is 1. The Bertz CT molecular complexity index is 1160. The summed E-state index contributed by atoms with van der Waals surface area (Å²) in [5, 5.41) is 70.3. The molecule has 0 bridgehead atoms. The van der Waals surface area contributed by atoms with Crippen LogP contribution in [0.4, 0.5) is 0 Å². The molecule has 10 N–H and O–H groups in total. The molecule has 14 nitrogen and oxygen atoms in total. The molecule has 1 heterocycles. The molecule has 2 aromatic carbocycles. The van der Waals surface area contributed by atoms with Gasteiger partial charge in [0, 0.05) is 6.42 Å². The van der Waals surface area contributed by atoms with E-state index >= 15 is 0 Å². The van der Waals surface area contributed by atoms with Crippen LogP contribution in [0.3, 0.4) is 0 Å². The zero-order chi connectivity index (χ0) is 28.1. The van der Waals surface area contributed by atoms with Gasteiger partial charge < -0.3 is 56.3 Å². The molecule has 1 aliphatic heterocycles. The summed E-state index contributed by atoms with van der Waals surface area (Å²) in [5.41, 5.74) is 6.84. The number of rotatable bonds is 10. The van der Waals surface area contributed by atoms with Gasteiger partial charge >= 0.3 is 11.9 Å². The van der Waals surface area contributed by atoms with E-state index in [1.165, 1.54) is 42.5 Å². The SMILES string of the molecule is N[C@@H](Cc1ccc(OC2O[C@H](C(=O)O)[C@@H](O)[C@H](O)[C@H]2O)c(O)c1)C(=O)N[C@@H](Cc1ccc(O)cc1)C(=O)O. The first kappa shape index (κ1) is 28.6. The molecular weight excluding hydrogens is 508 g/mol. The highest BCUT2D eigenvalue weighted by molar-refractivity contribution is 5.87. The van der Waals surface area contributed by atoms with E-state index in [4.69, 9.17) is 20.3 Å². The van der Waals surface area contributed by atoms with Crippen LogP contribution in [-0.2, 0) is 32.0 Å². The molecule has 0 radical (unpaired) electrons. The number of carbonyl (C=O) groups is 3. The monoisotopic (exact) mass is 536 g/mol. The number of nitrogens with two attached hydrogens (primary N) is 1. The number of benzene rings is 2. The van der Waals surface area contributed by atoms with Gasteiger partial charge in [-0.2, -0.15) is 0 Å². The van der Waals surface area contributed by atoms with E-state index in [1.807, 2.05) is 0 Å². The van der Waals surface area contributed by atoms with E-state index in [0.29, 0.717) is 11.1 Å². The lowest BCUT2D eigenvalue weighted by molar-refractivity contribution is -0.271. The quantitative estimate of drug-likeness (QED) is 0.160. The molecule has 0 aromatic heterocycles. The Balaban J connectivity index is 1.62. The van der Waals surface area contributed by atoms with Crippen LogP contribution in [0.5, 0.6) is 17.2 Å². The summed E-state index contributed by atoms with van der Waals surface area (Å²) in [5.74, 6) is -4.39. The first-order valence-corrected chi connectivity index (χ1v) is 11.3. The number of aliphatic carboxylic acids is 2. The third-order valence-corrected chi connectivity index (χ3v) is 5.86. The van der Waals surface area contributed by atoms with Gasteiger partial charge in [-0.05, 0) is 41.8 Å². The average molecular weight is 536 g/mol. The van der Waals surface area contributed by atoms with Gasteiger partial charge in [-0.25, -0.2) is 9.59 Å². The predicted molar refractivity (Wildman–Crippen MR) is 126 cm³/mol. The van der Waals surface area contributed by atoms with Crippen molar-refractivity contribution in [1.29, 1.82) is 0 Å². The van der Waals surface area contributed by atoms with Crippen molar-refractivity contribution in [3.05, 3.63) is 53.6 Å². The van der Waals surface area contributed by atoms with Crippen LogP contribution >= 0.6 is 0 Å². The average Bonchev–Trinajstić information content (AvgIpc) is 2.86. The van der Waals surface area contributed by atoms with Crippen LogP contribution in [0.1, 0.15) is 11.1 Å². The van der Waals surface area contributed by atoms with E-state index in [1.54, 1.807) is 0 Å². The number of phenols is 2. The van der Waals surface area contributed by atoms with Gasteiger partial charge in [0.25, 0.3) is 0 Å². The van der Waals surface area contributed by atoms with Gasteiger partial charge in [0.05, 0.1) is 6.04 Å². The minimum Gasteiger partial charge on any atom is -0.508 e. The molecule has 1 saturated heterocycles. The minimum atomic E-state index is -1.91. The lowest BCUT2D eigenvalue weighted by Crippen LogP contribution is -2.61. The first-order valence-electron chi connectivity index (χ1n) is 11.3. The van der Waals surface area contributed by atoms with Gasteiger partial charge in [-0.15, -0.1) is 0 Å². The molecule has 1 aliphatic rings. The molecule has 2 aromatic rings. The Labute approximate surface area is 215 Å². The van der Waals surface area contributed by atoms with Crippen LogP contribution in [0.15, 0.2) is 42.5 Å². The Morgan fingerprint density at radius 3 is 2.13 bits per heavy atom. The molecule has 3 rings (SSSR count). The van der Waals surface area contributed by atoms with Crippen molar-refractivity contribution in [1.82, 2.24) is 5.32 Å². The molecule has 7 atom stereocenters. The third kappa shape index (κ3) is 6.87. The number of hydrogen-bond acceptors (Lipinski definition) is 11. The van der Waals surface area contributed by atoms with Gasteiger partial charge in [0.1, 0.15) is 30.1 Å². The van der Waals surface area contributed by atoms with Gasteiger partial charge in [0.2, 0.25) is 12.2 Å². The summed E-state index contributed by atoms with van der Waals surface area (Å²) in [6.45, 7) is 0. The molecule has 38 heavy (non-hydrogen) atoms. The van der Waals surface area contributed by atoms with Crippen LogP contribution < -0.4 is 15.8 Å². The largest absolute Gasteiger partial charge is 0.508 e. The second-order valence-electron chi connectivity index (χ2n) is 8.74. The molecule has 1 fully saturated rings. The molecule has 206 valence electrons. The van der Waals surface area contributed by atoms with Crippen LogP contribution in [0, 0.1) is 0 Å². The molecule has 14 heteroatoms. The van der Waals surface area contributed by atoms with Gasteiger partial charge in [-0.3, -0.25) is 4.79 Å². The lowest BCUT2D eigenvalue weighted by atomic mass is 9.99. The maximum absolute atomic E-state index is 12.5. The second kappa shape index (κ2) is 12.1. The number of aliphatic hydroxyl groups excluding tert-OH is 3. The van der Waals surface area contributed by atoms with Crippen molar-refractivity contribution < 1.29 is 59.6 Å². The number of phenolic OH excluding ortho intramolecular Hbond substituents is 2. The van der Waals surface area contributed by atoms with Crippen molar-refractivity contribution in [2.45, 2.75) is 55.6 Å². The number of hydrogen-bond donors (Lipinski definition) is 9. The Morgan fingerprint density at radius 1 is 0.921 bits per heavy atom. The van der Waals surface area contributed by atoms with E-state index in [9.17, 15) is 45.0 Å². The fourth-order valence-electron chi connectivity index (χ4n) is 3.76. The lowest BCUT2D eigenvalue weighted by Gasteiger charge is -2.38. The second-order valence-corrected chi connectivity index (χ2v) is 8.74. The smallest absolute Gasteiger partial charge is 0.335 e. The zero-order valence-electron chi connectivity index (χ0n) is 19.7. The number of carbonyl (C=O) groups excluding carboxylic acids is 1. The van der Waals surface area contributed by atoms with E-state index in [2.05, 4.69) is 5.32 Å². The van der Waals surface area contributed by atoms with Gasteiger partial charge in [-0.1, -0.05) is 18.2 Å². The number of carboxylic acid groups (broad SMARTS) is 2. The summed E-state index contributed by atoms with van der Waals surface area (Å²) < 4.78 is 10.3. The molecule has 1 unspecified atom stereocenters. The highest BCUT2D eigenvalue weighted by Crippen LogP contribution is 2.31. The number of amides is 1. The van der Waals surface area contributed by atoms with E-state index < -0.39 is 66.4 Å². The van der Waals surface area contributed by atoms with Gasteiger partial charge in [0.15, 0.2) is 17.6 Å². The molecule has 0 aliphatic carbocycles. The number of carboxylic acids is 2. The van der Waals surface area contributed by atoms with Crippen LogP contribution in [0.25, 0.3) is 0 Å². The molecular formula is C24H28N2O12. The van der Waals surface area contributed by atoms with Crippen molar-refractivity contribution in [3.8, 4) is 17.2 Å². The Hall–Kier alpha value is -3.95. The number of ether oxygens (including phenoxy) is 2. The number of aliphatic hydroxyl groups is 3. The van der Waals surface area contributed by atoms with E-state index in [0.717, 1.165) is 0 Å². The summed E-state index contributed by atoms with van der Waals surface area (Å²) in [6, 6.07) is 7.15. The first-order chi connectivity index (χ1) is 17.9. The minimum absolute atomic E-state index is 0.00893. The summed E-state index contributed by atoms with van der Waals surface area (Å²) in [7, 11) is 0. The molecule has 0 spiro atoms. The van der Waals surface area contributed by atoms with Crippen molar-refractivity contribution >= 4 is 17.8 Å². The summed E-state index contributed by atoms with van der Waals surface area (Å²) >= 11 is 0. The zero-order valence-corrected chi connectivity index (χ0v) is 19.7. The fourth-order valence-corrected chi connectivity index (χ4v) is 3.76. The molecule has 0 saturated carbocycles.